The van der Waals surface area contributed by atoms with Crippen LogP contribution < -0.4 is 0 Å². The van der Waals surface area contributed by atoms with Crippen molar-refractivity contribution in [1.82, 2.24) is 0 Å². The molecule has 2 rings (SSSR count). The predicted molar refractivity (Wildman–Crippen MR) is 50.5 cm³/mol. The molecule has 3 unspecified atom stereocenters. The number of Topliss-reactive ketones (excluding diaryl/α,β-unsaturated/α-hetero) is 1. The molecule has 0 bridgehead atoms. The van der Waals surface area contributed by atoms with Gasteiger partial charge >= 0.3 is 5.97 Å². The monoisotopic (exact) mass is 194 g/mol. The number of carbonyl (C=O) groups excluding carboxylic acids is 2. The first-order chi connectivity index (χ1) is 6.74. The Hall–Kier alpha value is -1.12. The van der Waals surface area contributed by atoms with Gasteiger partial charge in [0.2, 0.25) is 0 Å². The lowest BCUT2D eigenvalue weighted by atomic mass is 9.73. The topological polar surface area (TPSA) is 43.4 Å². The molecule has 3 heteroatoms. The van der Waals surface area contributed by atoms with Crippen LogP contribution in [0.1, 0.15) is 19.3 Å². The lowest BCUT2D eigenvalue weighted by molar-refractivity contribution is -0.153. The van der Waals surface area contributed by atoms with Gasteiger partial charge in [0.1, 0.15) is 11.7 Å². The molecule has 0 amide bonds. The minimum absolute atomic E-state index is 0.0572. The molecule has 0 aliphatic heterocycles. The number of rotatable bonds is 1. The highest BCUT2D eigenvalue weighted by molar-refractivity contribution is 6.00. The van der Waals surface area contributed by atoms with Crippen LogP contribution in [-0.4, -0.2) is 18.9 Å². The first-order valence-corrected chi connectivity index (χ1v) is 5.01. The summed E-state index contributed by atoms with van der Waals surface area (Å²) in [5.41, 5.74) is 0. The Labute approximate surface area is 83.1 Å². The number of ether oxygens (including phenoxy) is 1. The van der Waals surface area contributed by atoms with Gasteiger partial charge in [0.05, 0.1) is 7.11 Å². The number of methoxy groups -OCH3 is 1. The third-order valence-electron chi connectivity index (χ3n) is 3.30. The van der Waals surface area contributed by atoms with Gasteiger partial charge in [0.25, 0.3) is 0 Å². The minimum atomic E-state index is -0.506. The fourth-order valence-electron chi connectivity index (χ4n) is 2.56. The molecule has 0 aromatic carbocycles. The smallest absolute Gasteiger partial charge is 0.316 e. The summed E-state index contributed by atoms with van der Waals surface area (Å²) in [6.07, 6.45) is 6.46. The van der Waals surface area contributed by atoms with E-state index in [0.29, 0.717) is 12.3 Å². The number of hydrogen-bond acceptors (Lipinski definition) is 3. The van der Waals surface area contributed by atoms with Gasteiger partial charge in [-0.1, -0.05) is 12.2 Å². The van der Waals surface area contributed by atoms with Crippen molar-refractivity contribution in [2.75, 3.05) is 7.11 Å². The standard InChI is InChI=1S/C11H14O3/c1-14-11(13)10-8-4-2-3-7(8)5-6-9(10)12/h2-3,7-8,10H,4-6H2,1H3. The van der Waals surface area contributed by atoms with Crippen LogP contribution in [-0.2, 0) is 14.3 Å². The van der Waals surface area contributed by atoms with Crippen molar-refractivity contribution < 1.29 is 14.3 Å². The summed E-state index contributed by atoms with van der Waals surface area (Å²) in [4.78, 5) is 23.1. The summed E-state index contributed by atoms with van der Waals surface area (Å²) in [6, 6.07) is 0. The van der Waals surface area contributed by atoms with E-state index in [1.165, 1.54) is 7.11 Å². The quantitative estimate of drug-likeness (QED) is 0.359. The summed E-state index contributed by atoms with van der Waals surface area (Å²) < 4.78 is 4.68. The first kappa shape index (κ1) is 9.44. The lowest BCUT2D eigenvalue weighted by Crippen LogP contribution is -2.38. The summed E-state index contributed by atoms with van der Waals surface area (Å²) in [5.74, 6) is -0.218. The normalized spacial score (nSPS) is 35.5. The van der Waals surface area contributed by atoms with Crippen LogP contribution in [0.15, 0.2) is 12.2 Å². The zero-order chi connectivity index (χ0) is 10.1. The maximum Gasteiger partial charge on any atom is 0.316 e. The largest absolute Gasteiger partial charge is 0.468 e. The molecule has 3 atom stereocenters. The fourth-order valence-corrected chi connectivity index (χ4v) is 2.56. The van der Waals surface area contributed by atoms with Crippen molar-refractivity contribution >= 4 is 11.8 Å². The van der Waals surface area contributed by atoms with Crippen LogP contribution in [0.2, 0.25) is 0 Å². The molecule has 0 aromatic heterocycles. The summed E-state index contributed by atoms with van der Waals surface area (Å²) in [5, 5.41) is 0. The molecule has 14 heavy (non-hydrogen) atoms. The van der Waals surface area contributed by atoms with E-state index in [1.807, 2.05) is 0 Å². The number of fused-ring (bicyclic) bond motifs is 1. The van der Waals surface area contributed by atoms with Crippen LogP contribution in [0, 0.1) is 17.8 Å². The van der Waals surface area contributed by atoms with E-state index in [1.54, 1.807) is 0 Å². The second kappa shape index (κ2) is 3.56. The average molecular weight is 194 g/mol. The molecule has 0 spiro atoms. The minimum Gasteiger partial charge on any atom is -0.468 e. The van der Waals surface area contributed by atoms with Crippen molar-refractivity contribution in [3.05, 3.63) is 12.2 Å². The summed E-state index contributed by atoms with van der Waals surface area (Å²) >= 11 is 0. The SMILES string of the molecule is COC(=O)C1C(=O)CCC2C=CCC21. The van der Waals surface area contributed by atoms with E-state index in [9.17, 15) is 9.59 Å². The Morgan fingerprint density at radius 2 is 2.36 bits per heavy atom. The van der Waals surface area contributed by atoms with Gasteiger partial charge in [0.15, 0.2) is 0 Å². The number of ketones is 1. The Kier molecular flexibility index (Phi) is 2.40. The predicted octanol–water partition coefficient (Wildman–Crippen LogP) is 1.33. The molecule has 76 valence electrons. The van der Waals surface area contributed by atoms with Crippen LogP contribution in [0.4, 0.5) is 0 Å². The maximum absolute atomic E-state index is 11.6. The van der Waals surface area contributed by atoms with Crippen molar-refractivity contribution in [3.63, 3.8) is 0 Å². The van der Waals surface area contributed by atoms with Gasteiger partial charge in [-0.25, -0.2) is 0 Å². The fraction of sp³-hybridized carbons (Fsp3) is 0.636. The Balaban J connectivity index is 2.19. The Morgan fingerprint density at radius 1 is 1.57 bits per heavy atom. The molecular weight excluding hydrogens is 180 g/mol. The van der Waals surface area contributed by atoms with Crippen molar-refractivity contribution in [3.8, 4) is 0 Å². The molecule has 1 saturated carbocycles. The summed E-state index contributed by atoms with van der Waals surface area (Å²) in [6.45, 7) is 0. The molecular formula is C11H14O3. The molecule has 2 aliphatic rings. The number of carbonyl (C=O) groups is 2. The van der Waals surface area contributed by atoms with Crippen molar-refractivity contribution in [2.45, 2.75) is 19.3 Å². The van der Waals surface area contributed by atoms with Crippen LogP contribution in [0.3, 0.4) is 0 Å². The third kappa shape index (κ3) is 1.37. The molecule has 0 aromatic rings. The van der Waals surface area contributed by atoms with E-state index >= 15 is 0 Å². The lowest BCUT2D eigenvalue weighted by Gasteiger charge is -2.30. The zero-order valence-corrected chi connectivity index (χ0v) is 8.23. The van der Waals surface area contributed by atoms with Gasteiger partial charge in [0, 0.05) is 6.42 Å². The molecule has 1 fully saturated rings. The van der Waals surface area contributed by atoms with E-state index < -0.39 is 5.92 Å². The maximum atomic E-state index is 11.6. The van der Waals surface area contributed by atoms with Crippen molar-refractivity contribution in [1.29, 1.82) is 0 Å². The summed E-state index contributed by atoms with van der Waals surface area (Å²) in [7, 11) is 1.35. The van der Waals surface area contributed by atoms with E-state index in [4.69, 9.17) is 0 Å². The van der Waals surface area contributed by atoms with Crippen LogP contribution >= 0.6 is 0 Å². The van der Waals surface area contributed by atoms with E-state index in [0.717, 1.165) is 12.8 Å². The second-order valence-electron chi connectivity index (χ2n) is 4.00. The highest BCUT2D eigenvalue weighted by Gasteiger charge is 2.43. The molecule has 0 heterocycles. The Morgan fingerprint density at radius 3 is 3.07 bits per heavy atom. The molecule has 2 aliphatic carbocycles. The number of hydrogen-bond donors (Lipinski definition) is 0. The second-order valence-corrected chi connectivity index (χ2v) is 4.00. The molecule has 0 radical (unpaired) electrons. The van der Waals surface area contributed by atoms with Gasteiger partial charge in [-0.3, -0.25) is 9.59 Å². The van der Waals surface area contributed by atoms with E-state index in [2.05, 4.69) is 16.9 Å². The number of esters is 1. The number of allylic oxidation sites excluding steroid dienone is 2. The van der Waals surface area contributed by atoms with Gasteiger partial charge in [-0.2, -0.15) is 0 Å². The molecule has 3 nitrogen and oxygen atoms in total. The highest BCUT2D eigenvalue weighted by atomic mass is 16.5. The van der Waals surface area contributed by atoms with Crippen LogP contribution in [0.25, 0.3) is 0 Å². The van der Waals surface area contributed by atoms with E-state index in [-0.39, 0.29) is 17.7 Å². The third-order valence-corrected chi connectivity index (χ3v) is 3.30. The van der Waals surface area contributed by atoms with Crippen LogP contribution in [0.5, 0.6) is 0 Å². The van der Waals surface area contributed by atoms with Gasteiger partial charge < -0.3 is 4.74 Å². The first-order valence-electron chi connectivity index (χ1n) is 5.01. The zero-order valence-electron chi connectivity index (χ0n) is 8.23. The Bertz CT molecular complexity index is 285. The van der Waals surface area contributed by atoms with Gasteiger partial charge in [-0.15, -0.1) is 0 Å². The van der Waals surface area contributed by atoms with Crippen molar-refractivity contribution in [2.24, 2.45) is 17.8 Å². The average Bonchev–Trinajstić information content (AvgIpc) is 2.64. The van der Waals surface area contributed by atoms with Gasteiger partial charge in [-0.05, 0) is 24.7 Å². The molecule has 0 saturated heterocycles. The molecule has 0 N–H and O–H groups in total. The highest BCUT2D eigenvalue weighted by Crippen LogP contribution is 2.40.